The minimum Gasteiger partial charge on any atom is -0.494 e. The van der Waals surface area contributed by atoms with Gasteiger partial charge in [-0.05, 0) is 42.3 Å². The van der Waals surface area contributed by atoms with Crippen LogP contribution in [0.15, 0.2) is 69.7 Å². The molecule has 0 spiro atoms. The number of rotatable bonds is 6. The average molecular weight is 457 g/mol. The van der Waals surface area contributed by atoms with Crippen molar-refractivity contribution in [2.75, 3.05) is 6.61 Å². The highest BCUT2D eigenvalue weighted by Crippen LogP contribution is 2.39. The van der Waals surface area contributed by atoms with E-state index in [9.17, 15) is 0 Å². The third-order valence-corrected chi connectivity index (χ3v) is 6.52. The van der Waals surface area contributed by atoms with Gasteiger partial charge in [0.05, 0.1) is 12.0 Å². The van der Waals surface area contributed by atoms with Crippen molar-refractivity contribution in [3.63, 3.8) is 0 Å². The molecular weight excluding hydrogens is 440 g/mol. The number of hydrogen-bond donors (Lipinski definition) is 0. The second-order valence-corrected chi connectivity index (χ2v) is 8.62. The molecule has 0 bridgehead atoms. The van der Waals surface area contributed by atoms with E-state index in [0.29, 0.717) is 6.61 Å². The van der Waals surface area contributed by atoms with E-state index < -0.39 is 0 Å². The first-order valence-electron chi connectivity index (χ1n) is 8.57. The summed E-state index contributed by atoms with van der Waals surface area (Å²) in [5.41, 5.74) is 3.60. The fourth-order valence-electron chi connectivity index (χ4n) is 2.85. The van der Waals surface area contributed by atoms with Gasteiger partial charge in [-0.15, -0.1) is 23.1 Å². The molecule has 3 nitrogen and oxygen atoms in total. The zero-order chi connectivity index (χ0) is 18.6. The van der Waals surface area contributed by atoms with E-state index >= 15 is 0 Å². The highest BCUT2D eigenvalue weighted by atomic mass is 79.9. The molecule has 2 aromatic heterocycles. The number of fused-ring (bicyclic) bond motifs is 1. The number of thiophene rings is 1. The lowest BCUT2D eigenvalue weighted by Gasteiger charge is -2.07. The normalized spacial score (nSPS) is 11.0. The highest BCUT2D eigenvalue weighted by molar-refractivity contribution is 9.10. The molecule has 0 saturated carbocycles. The van der Waals surface area contributed by atoms with Gasteiger partial charge in [0, 0.05) is 21.2 Å². The van der Waals surface area contributed by atoms with E-state index in [0.717, 1.165) is 36.8 Å². The Morgan fingerprint density at radius 2 is 1.96 bits per heavy atom. The number of benzene rings is 2. The van der Waals surface area contributed by atoms with Crippen molar-refractivity contribution in [2.45, 2.75) is 17.7 Å². The summed E-state index contributed by atoms with van der Waals surface area (Å²) in [4.78, 5) is 10.1. The maximum absolute atomic E-state index is 5.56. The fraction of sp³-hybridized carbons (Fsp3) is 0.143. The monoisotopic (exact) mass is 456 g/mol. The number of hydrogen-bond acceptors (Lipinski definition) is 5. The second kappa shape index (κ2) is 8.42. The Morgan fingerprint density at radius 1 is 1.11 bits per heavy atom. The molecule has 136 valence electrons. The van der Waals surface area contributed by atoms with Gasteiger partial charge in [0.2, 0.25) is 0 Å². The van der Waals surface area contributed by atoms with Gasteiger partial charge in [0.15, 0.2) is 0 Å². The van der Waals surface area contributed by atoms with E-state index in [2.05, 4.69) is 61.6 Å². The van der Waals surface area contributed by atoms with E-state index in [-0.39, 0.29) is 0 Å². The predicted molar refractivity (Wildman–Crippen MR) is 118 cm³/mol. The number of ether oxygens (including phenoxy) is 1. The zero-order valence-corrected chi connectivity index (χ0v) is 17.9. The fourth-order valence-corrected chi connectivity index (χ4v) is 5.23. The summed E-state index contributed by atoms with van der Waals surface area (Å²) >= 11 is 6.94. The smallest absolute Gasteiger partial charge is 0.128 e. The first-order valence-corrected chi connectivity index (χ1v) is 11.2. The molecule has 0 fully saturated rings. The van der Waals surface area contributed by atoms with E-state index in [1.165, 1.54) is 11.1 Å². The van der Waals surface area contributed by atoms with Gasteiger partial charge >= 0.3 is 0 Å². The lowest BCUT2D eigenvalue weighted by molar-refractivity contribution is 0.340. The van der Waals surface area contributed by atoms with Crippen LogP contribution >= 0.6 is 39.0 Å². The van der Waals surface area contributed by atoms with Crippen LogP contribution < -0.4 is 4.74 Å². The molecule has 0 atom stereocenters. The van der Waals surface area contributed by atoms with Crippen LogP contribution in [0.4, 0.5) is 0 Å². The Labute approximate surface area is 175 Å². The van der Waals surface area contributed by atoms with Crippen molar-refractivity contribution in [1.82, 2.24) is 9.97 Å². The quantitative estimate of drug-likeness (QED) is 0.235. The van der Waals surface area contributed by atoms with E-state index in [1.54, 1.807) is 29.4 Å². The summed E-state index contributed by atoms with van der Waals surface area (Å²) in [6, 6.07) is 16.6. The van der Waals surface area contributed by atoms with Crippen molar-refractivity contribution >= 4 is 49.2 Å². The average Bonchev–Trinajstić information content (AvgIpc) is 3.12. The third-order valence-electron chi connectivity index (χ3n) is 4.08. The Balaban J connectivity index is 1.66. The molecular formula is C21H17BrN2OS2. The summed E-state index contributed by atoms with van der Waals surface area (Å²) in [6.07, 6.45) is 1.66. The minimum absolute atomic E-state index is 0.672. The molecule has 0 aliphatic rings. The maximum atomic E-state index is 5.56. The standard InChI is InChI=1S/C21H17BrN2OS2/c1-2-25-17-8-6-15(7-9-17)18-12-27-21-19(18)20(23-13-24-21)26-11-14-4-3-5-16(22)10-14/h3-10,12-13H,2,11H2,1H3. The molecule has 2 aromatic carbocycles. The van der Waals surface area contributed by atoms with Crippen LogP contribution in [-0.4, -0.2) is 16.6 Å². The van der Waals surface area contributed by atoms with Gasteiger partial charge in [-0.1, -0.05) is 40.2 Å². The van der Waals surface area contributed by atoms with Crippen LogP contribution in [0.2, 0.25) is 0 Å². The molecule has 6 heteroatoms. The van der Waals surface area contributed by atoms with Gasteiger partial charge in [-0.2, -0.15) is 0 Å². The molecule has 2 heterocycles. The second-order valence-electron chi connectivity index (χ2n) is 5.88. The van der Waals surface area contributed by atoms with Crippen molar-refractivity contribution in [2.24, 2.45) is 0 Å². The first-order chi connectivity index (χ1) is 13.2. The summed E-state index contributed by atoms with van der Waals surface area (Å²) < 4.78 is 6.65. The molecule has 4 aromatic rings. The number of halogens is 1. The minimum atomic E-state index is 0.672. The maximum Gasteiger partial charge on any atom is 0.128 e. The van der Waals surface area contributed by atoms with Crippen LogP contribution in [0.1, 0.15) is 12.5 Å². The van der Waals surface area contributed by atoms with Crippen molar-refractivity contribution in [3.05, 3.63) is 70.3 Å². The molecule has 0 aliphatic carbocycles. The lowest BCUT2D eigenvalue weighted by atomic mass is 10.1. The summed E-state index contributed by atoms with van der Waals surface area (Å²) in [5, 5.41) is 4.31. The van der Waals surface area contributed by atoms with Crippen molar-refractivity contribution in [3.8, 4) is 16.9 Å². The summed E-state index contributed by atoms with van der Waals surface area (Å²) in [7, 11) is 0. The molecule has 4 rings (SSSR count). The van der Waals surface area contributed by atoms with Crippen molar-refractivity contribution in [1.29, 1.82) is 0 Å². The van der Waals surface area contributed by atoms with Crippen molar-refractivity contribution < 1.29 is 4.74 Å². The zero-order valence-electron chi connectivity index (χ0n) is 14.7. The number of aromatic nitrogens is 2. The molecule has 27 heavy (non-hydrogen) atoms. The Morgan fingerprint density at radius 3 is 2.74 bits per heavy atom. The molecule has 0 radical (unpaired) electrons. The van der Waals surface area contributed by atoms with Crippen LogP contribution in [0.5, 0.6) is 5.75 Å². The topological polar surface area (TPSA) is 35.0 Å². The summed E-state index contributed by atoms with van der Waals surface area (Å²) in [6.45, 7) is 2.66. The van der Waals surface area contributed by atoms with E-state index in [4.69, 9.17) is 4.74 Å². The molecule has 0 aliphatic heterocycles. The third kappa shape index (κ3) is 4.18. The van der Waals surface area contributed by atoms with Gasteiger partial charge in [0.1, 0.15) is 21.9 Å². The highest BCUT2D eigenvalue weighted by Gasteiger charge is 2.14. The van der Waals surface area contributed by atoms with Crippen LogP contribution in [0.3, 0.4) is 0 Å². The predicted octanol–water partition coefficient (Wildman–Crippen LogP) is 6.81. The summed E-state index contributed by atoms with van der Waals surface area (Å²) in [5.74, 6) is 1.76. The number of nitrogens with zero attached hydrogens (tertiary/aromatic N) is 2. The van der Waals surface area contributed by atoms with Gasteiger partial charge in [-0.3, -0.25) is 0 Å². The van der Waals surface area contributed by atoms with Gasteiger partial charge in [-0.25, -0.2) is 9.97 Å². The van der Waals surface area contributed by atoms with E-state index in [1.807, 2.05) is 25.1 Å². The Kier molecular flexibility index (Phi) is 5.76. The van der Waals surface area contributed by atoms with Crippen LogP contribution in [-0.2, 0) is 5.75 Å². The lowest BCUT2D eigenvalue weighted by Crippen LogP contribution is -1.91. The molecule has 0 amide bonds. The molecule has 0 N–H and O–H groups in total. The largest absolute Gasteiger partial charge is 0.494 e. The Bertz CT molecular complexity index is 1060. The Hall–Kier alpha value is -1.89. The van der Waals surface area contributed by atoms with Gasteiger partial charge < -0.3 is 4.74 Å². The van der Waals surface area contributed by atoms with Crippen LogP contribution in [0, 0.1) is 0 Å². The molecule has 0 unspecified atom stereocenters. The SMILES string of the molecule is CCOc1ccc(-c2csc3ncnc(SCc4cccc(Br)c4)c23)cc1. The first kappa shape index (κ1) is 18.5. The van der Waals surface area contributed by atoms with Gasteiger partial charge in [0.25, 0.3) is 0 Å². The molecule has 0 saturated heterocycles. The number of thioether (sulfide) groups is 1. The van der Waals surface area contributed by atoms with Crippen LogP contribution in [0.25, 0.3) is 21.3 Å².